The second-order valence-electron chi connectivity index (χ2n) is 9.45. The van der Waals surface area contributed by atoms with Gasteiger partial charge in [-0.1, -0.05) is 69.4 Å². The van der Waals surface area contributed by atoms with Crippen LogP contribution in [0, 0.1) is 5.92 Å². The molecule has 0 spiro atoms. The Hall–Kier alpha value is -2.55. The number of halogens is 6. The van der Waals surface area contributed by atoms with Gasteiger partial charge in [0, 0.05) is 17.7 Å². The minimum Gasteiger partial charge on any atom is -0.369 e. The molecule has 9 heteroatoms. The fraction of sp³-hybridized carbons (Fsp3) is 0.519. The van der Waals surface area contributed by atoms with Crippen LogP contribution in [-0.4, -0.2) is 23.4 Å². The van der Waals surface area contributed by atoms with Gasteiger partial charge in [-0.15, -0.1) is 0 Å². The number of carbonyl (C=O) groups excluding carboxylic acids is 1. The van der Waals surface area contributed by atoms with E-state index in [1.165, 1.54) is 32.1 Å². The number of rotatable bonds is 8. The van der Waals surface area contributed by atoms with Gasteiger partial charge >= 0.3 is 12.4 Å². The smallest absolute Gasteiger partial charge is 0.369 e. The molecular formula is C27H31F6NO2. The molecule has 1 fully saturated rings. The largest absolute Gasteiger partial charge is 0.430 e. The molecule has 198 valence electrons. The van der Waals surface area contributed by atoms with Gasteiger partial charge in [0.15, 0.2) is 0 Å². The second kappa shape index (κ2) is 11.2. The zero-order valence-corrected chi connectivity index (χ0v) is 20.1. The van der Waals surface area contributed by atoms with E-state index in [1.807, 2.05) is 0 Å². The van der Waals surface area contributed by atoms with Gasteiger partial charge in [0.2, 0.25) is 5.91 Å². The van der Waals surface area contributed by atoms with E-state index in [9.17, 15) is 36.2 Å². The Balaban J connectivity index is 1.70. The summed E-state index contributed by atoms with van der Waals surface area (Å²) in [6.45, 7) is 1.60. The zero-order valence-electron chi connectivity index (χ0n) is 20.1. The molecule has 3 nitrogen and oxygen atoms in total. The average molecular weight is 516 g/mol. The number of anilines is 1. The Labute approximate surface area is 206 Å². The van der Waals surface area contributed by atoms with Gasteiger partial charge in [0.05, 0.1) is 0 Å². The van der Waals surface area contributed by atoms with Gasteiger partial charge in [-0.3, -0.25) is 4.79 Å². The van der Waals surface area contributed by atoms with E-state index < -0.39 is 23.5 Å². The molecule has 0 aliphatic heterocycles. The zero-order chi connectivity index (χ0) is 26.6. The first kappa shape index (κ1) is 28.0. The van der Waals surface area contributed by atoms with E-state index in [4.69, 9.17) is 0 Å². The summed E-state index contributed by atoms with van der Waals surface area (Å²) in [6, 6.07) is 9.12. The van der Waals surface area contributed by atoms with Crippen molar-refractivity contribution in [1.29, 1.82) is 0 Å². The Morgan fingerprint density at radius 1 is 0.944 bits per heavy atom. The molecule has 0 radical (unpaired) electrons. The molecule has 1 saturated carbocycles. The van der Waals surface area contributed by atoms with Crippen molar-refractivity contribution in [1.82, 2.24) is 0 Å². The van der Waals surface area contributed by atoms with E-state index in [-0.39, 0.29) is 17.9 Å². The number of amides is 1. The van der Waals surface area contributed by atoms with Crippen LogP contribution in [0.2, 0.25) is 0 Å². The number of alkyl halides is 6. The summed E-state index contributed by atoms with van der Waals surface area (Å²) in [4.78, 5) is 12.3. The Bertz CT molecular complexity index is 1010. The van der Waals surface area contributed by atoms with Gasteiger partial charge in [0.1, 0.15) is 0 Å². The van der Waals surface area contributed by atoms with Crippen LogP contribution in [0.25, 0.3) is 11.1 Å². The Morgan fingerprint density at radius 3 is 2.11 bits per heavy atom. The van der Waals surface area contributed by atoms with Gasteiger partial charge in [-0.2, -0.15) is 26.3 Å². The van der Waals surface area contributed by atoms with Crippen molar-refractivity contribution in [3.05, 3.63) is 53.6 Å². The third-order valence-electron chi connectivity index (χ3n) is 6.95. The van der Waals surface area contributed by atoms with Gasteiger partial charge in [-0.05, 0) is 54.0 Å². The molecule has 0 heterocycles. The third kappa shape index (κ3) is 6.22. The number of aliphatic hydroxyl groups is 1. The molecule has 1 amide bonds. The van der Waals surface area contributed by atoms with Gasteiger partial charge in [-0.25, -0.2) is 0 Å². The molecule has 2 aromatic rings. The van der Waals surface area contributed by atoms with Crippen LogP contribution in [0.15, 0.2) is 42.5 Å². The lowest BCUT2D eigenvalue weighted by atomic mass is 9.86. The molecule has 36 heavy (non-hydrogen) atoms. The highest BCUT2D eigenvalue weighted by Gasteiger charge is 2.71. The standard InChI is InChI=1S/C27H31F6NO2/c1-2-19-17-21(25(36,26(28,29)30)27(31,32)33)13-16-23(19)20-11-14-22(15-12-20)34-24(35)10-6-9-18-7-4-3-5-8-18/h11-18,36H,2-10H2,1H3,(H,34,35). The van der Waals surface area contributed by atoms with Crippen molar-refractivity contribution < 1.29 is 36.2 Å². The van der Waals surface area contributed by atoms with Crippen LogP contribution in [0.3, 0.4) is 0 Å². The minimum absolute atomic E-state index is 0.101. The number of carbonyl (C=O) groups is 1. The van der Waals surface area contributed by atoms with Crippen LogP contribution < -0.4 is 5.32 Å². The number of nitrogens with one attached hydrogen (secondary N) is 1. The highest BCUT2D eigenvalue weighted by atomic mass is 19.4. The van der Waals surface area contributed by atoms with E-state index >= 15 is 0 Å². The molecule has 2 aromatic carbocycles. The molecule has 1 aliphatic rings. The predicted octanol–water partition coefficient (Wildman–Crippen LogP) is 7.92. The predicted molar refractivity (Wildman–Crippen MR) is 126 cm³/mol. The number of hydrogen-bond acceptors (Lipinski definition) is 2. The quantitative estimate of drug-likeness (QED) is 0.351. The molecule has 3 rings (SSSR count). The Morgan fingerprint density at radius 2 is 1.56 bits per heavy atom. The van der Waals surface area contributed by atoms with Crippen LogP contribution >= 0.6 is 0 Å². The molecule has 0 atom stereocenters. The first-order valence-electron chi connectivity index (χ1n) is 12.3. The van der Waals surface area contributed by atoms with Crippen LogP contribution in [0.4, 0.5) is 32.0 Å². The summed E-state index contributed by atoms with van der Waals surface area (Å²) >= 11 is 0. The van der Waals surface area contributed by atoms with Crippen molar-refractivity contribution in [2.45, 2.75) is 82.7 Å². The summed E-state index contributed by atoms with van der Waals surface area (Å²) in [5.41, 5.74) is -4.46. The summed E-state index contributed by atoms with van der Waals surface area (Å²) < 4.78 is 79.6. The topological polar surface area (TPSA) is 49.3 Å². The average Bonchev–Trinajstić information content (AvgIpc) is 2.83. The first-order chi connectivity index (χ1) is 16.9. The lowest BCUT2D eigenvalue weighted by Gasteiger charge is -2.33. The van der Waals surface area contributed by atoms with Gasteiger partial charge < -0.3 is 10.4 Å². The van der Waals surface area contributed by atoms with Crippen LogP contribution in [0.5, 0.6) is 0 Å². The molecule has 0 saturated heterocycles. The molecule has 0 bridgehead atoms. The van der Waals surface area contributed by atoms with Crippen LogP contribution in [-0.2, 0) is 16.8 Å². The van der Waals surface area contributed by atoms with Crippen molar-refractivity contribution in [3.63, 3.8) is 0 Å². The summed E-state index contributed by atoms with van der Waals surface area (Å²) in [5, 5.41) is 12.5. The number of hydrogen-bond donors (Lipinski definition) is 2. The van der Waals surface area contributed by atoms with Crippen molar-refractivity contribution in [3.8, 4) is 11.1 Å². The van der Waals surface area contributed by atoms with E-state index in [0.29, 0.717) is 35.2 Å². The summed E-state index contributed by atoms with van der Waals surface area (Å²) in [6.07, 6.45) is -3.17. The fourth-order valence-corrected chi connectivity index (χ4v) is 4.86. The van der Waals surface area contributed by atoms with Crippen molar-refractivity contribution in [2.75, 3.05) is 5.32 Å². The lowest BCUT2D eigenvalue weighted by Crippen LogP contribution is -2.53. The Kier molecular flexibility index (Phi) is 8.75. The SMILES string of the molecule is CCc1cc(C(O)(C(F)(F)F)C(F)(F)F)ccc1-c1ccc(NC(=O)CCCC2CCCCC2)cc1. The summed E-state index contributed by atoms with van der Waals surface area (Å²) in [5.74, 6) is 0.601. The first-order valence-corrected chi connectivity index (χ1v) is 12.3. The maximum atomic E-state index is 13.3. The lowest BCUT2D eigenvalue weighted by molar-refractivity contribution is -0.376. The fourth-order valence-electron chi connectivity index (χ4n) is 4.86. The molecule has 0 aromatic heterocycles. The van der Waals surface area contributed by atoms with E-state index in [2.05, 4.69) is 5.32 Å². The molecular weight excluding hydrogens is 484 g/mol. The van der Waals surface area contributed by atoms with E-state index in [0.717, 1.165) is 25.0 Å². The third-order valence-corrected chi connectivity index (χ3v) is 6.95. The minimum atomic E-state index is -5.94. The van der Waals surface area contributed by atoms with Crippen molar-refractivity contribution in [2.24, 2.45) is 5.92 Å². The summed E-state index contributed by atoms with van der Waals surface area (Å²) in [7, 11) is 0. The monoisotopic (exact) mass is 515 g/mol. The highest BCUT2D eigenvalue weighted by molar-refractivity contribution is 5.91. The second-order valence-corrected chi connectivity index (χ2v) is 9.45. The molecule has 2 N–H and O–H groups in total. The number of aryl methyl sites for hydroxylation is 1. The number of benzene rings is 2. The molecule has 1 aliphatic carbocycles. The van der Waals surface area contributed by atoms with E-state index in [1.54, 1.807) is 31.2 Å². The van der Waals surface area contributed by atoms with Crippen LogP contribution in [0.1, 0.15) is 69.4 Å². The highest BCUT2D eigenvalue weighted by Crippen LogP contribution is 2.50. The normalized spacial score (nSPS) is 15.7. The maximum absolute atomic E-state index is 13.3. The maximum Gasteiger partial charge on any atom is 0.430 e. The van der Waals surface area contributed by atoms with Crippen molar-refractivity contribution >= 4 is 11.6 Å². The van der Waals surface area contributed by atoms with Gasteiger partial charge in [0.25, 0.3) is 5.60 Å². The molecule has 0 unspecified atom stereocenters.